The number of alkyl halides is 3. The zero-order chi connectivity index (χ0) is 25.0. The Hall–Kier alpha value is -3.64. The molecule has 2 aromatic carbocycles. The van der Waals surface area contributed by atoms with E-state index in [-0.39, 0.29) is 23.9 Å². The quantitative estimate of drug-likeness (QED) is 0.421. The number of hydrogen-bond acceptors (Lipinski definition) is 6. The van der Waals surface area contributed by atoms with Crippen molar-refractivity contribution in [2.75, 3.05) is 47.4 Å². The molecule has 1 fully saturated rings. The lowest BCUT2D eigenvalue weighted by Crippen LogP contribution is -2.46. The maximum atomic E-state index is 13.7. The van der Waals surface area contributed by atoms with Crippen LogP contribution in [0.3, 0.4) is 0 Å². The maximum absolute atomic E-state index is 13.7. The standard InChI is InChI=1S/C23H23F4N7O.ClH/c24-17-3-1-2-4-18(17)30-22(35)29-16-7-5-15(6-8-16)14-33-9-11-34(12-10-33)20-13-19(23(25,26)27)31-21(28)32-20;/h1-8,13H,9-12,14H2,(H2,28,31,32)(H2,29,30,35);1H. The van der Waals surface area contributed by atoms with E-state index in [0.29, 0.717) is 38.4 Å². The number of aromatic nitrogens is 2. The van der Waals surface area contributed by atoms with E-state index in [2.05, 4.69) is 25.5 Å². The Kier molecular flexibility index (Phi) is 8.53. The van der Waals surface area contributed by atoms with E-state index in [1.54, 1.807) is 23.1 Å². The summed E-state index contributed by atoms with van der Waals surface area (Å²) >= 11 is 0. The number of nitrogen functional groups attached to an aromatic ring is 1. The predicted molar refractivity (Wildman–Crippen MR) is 132 cm³/mol. The number of nitrogens with one attached hydrogen (secondary N) is 2. The van der Waals surface area contributed by atoms with Gasteiger partial charge < -0.3 is 21.3 Å². The summed E-state index contributed by atoms with van der Waals surface area (Å²) in [5, 5.41) is 5.11. The number of halogens is 5. The third-order valence-corrected chi connectivity index (χ3v) is 5.46. The van der Waals surface area contributed by atoms with Gasteiger partial charge in [-0.05, 0) is 29.8 Å². The molecule has 1 aliphatic rings. The summed E-state index contributed by atoms with van der Waals surface area (Å²) in [4.78, 5) is 23.3. The smallest absolute Gasteiger partial charge is 0.368 e. The highest BCUT2D eigenvalue weighted by Crippen LogP contribution is 2.30. The van der Waals surface area contributed by atoms with Crippen molar-refractivity contribution in [3.8, 4) is 0 Å². The van der Waals surface area contributed by atoms with Crippen LogP contribution in [-0.2, 0) is 12.7 Å². The van der Waals surface area contributed by atoms with Crippen molar-refractivity contribution in [2.45, 2.75) is 12.7 Å². The molecule has 0 unspecified atom stereocenters. The summed E-state index contributed by atoms with van der Waals surface area (Å²) in [6.45, 7) is 2.86. The topological polar surface area (TPSA) is 99.4 Å². The second kappa shape index (κ2) is 11.4. The summed E-state index contributed by atoms with van der Waals surface area (Å²) in [5.41, 5.74) is 6.05. The second-order valence-corrected chi connectivity index (χ2v) is 7.99. The van der Waals surface area contributed by atoms with Gasteiger partial charge in [-0.1, -0.05) is 24.3 Å². The number of nitrogens with two attached hydrogens (primary N) is 1. The van der Waals surface area contributed by atoms with Crippen LogP contribution in [0.1, 0.15) is 11.3 Å². The summed E-state index contributed by atoms with van der Waals surface area (Å²) < 4.78 is 52.7. The summed E-state index contributed by atoms with van der Waals surface area (Å²) in [6.07, 6.45) is -4.59. The Morgan fingerprint density at radius 3 is 2.28 bits per heavy atom. The van der Waals surface area contributed by atoms with Crippen molar-refractivity contribution in [1.29, 1.82) is 0 Å². The van der Waals surface area contributed by atoms with Gasteiger partial charge in [0.05, 0.1) is 5.69 Å². The predicted octanol–water partition coefficient (Wildman–Crippen LogP) is 4.60. The van der Waals surface area contributed by atoms with Gasteiger partial charge in [-0.25, -0.2) is 14.2 Å². The molecular weight excluding hydrogens is 502 g/mol. The zero-order valence-electron chi connectivity index (χ0n) is 18.9. The highest BCUT2D eigenvalue weighted by molar-refractivity contribution is 5.99. The number of anilines is 4. The van der Waals surface area contributed by atoms with Crippen LogP contribution < -0.4 is 21.3 Å². The first-order chi connectivity index (χ1) is 16.7. The molecule has 192 valence electrons. The SMILES string of the molecule is Cl.Nc1nc(N2CCN(Cc3ccc(NC(=O)Nc4ccccc4F)cc3)CC2)cc(C(F)(F)F)n1. The van der Waals surface area contributed by atoms with Crippen LogP contribution in [0.5, 0.6) is 0 Å². The number of hydrogen-bond donors (Lipinski definition) is 3. The van der Waals surface area contributed by atoms with Gasteiger partial charge in [-0.15, -0.1) is 12.4 Å². The van der Waals surface area contributed by atoms with Gasteiger partial charge in [0.25, 0.3) is 0 Å². The van der Waals surface area contributed by atoms with Crippen LogP contribution in [0.15, 0.2) is 54.6 Å². The van der Waals surface area contributed by atoms with Crippen molar-refractivity contribution in [3.05, 3.63) is 71.7 Å². The molecule has 13 heteroatoms. The average molecular weight is 526 g/mol. The molecule has 1 aromatic heterocycles. The third-order valence-electron chi connectivity index (χ3n) is 5.46. The molecule has 0 bridgehead atoms. The number of carbonyl (C=O) groups excluding carboxylic acids is 1. The van der Waals surface area contributed by atoms with E-state index in [0.717, 1.165) is 11.6 Å². The molecular formula is C23H24ClF4N7O. The van der Waals surface area contributed by atoms with Gasteiger partial charge in [0.2, 0.25) is 5.95 Å². The van der Waals surface area contributed by atoms with Crippen LogP contribution in [-0.4, -0.2) is 47.1 Å². The fourth-order valence-electron chi connectivity index (χ4n) is 3.69. The molecule has 3 aromatic rings. The number of amides is 2. The minimum Gasteiger partial charge on any atom is -0.368 e. The van der Waals surface area contributed by atoms with Gasteiger partial charge in [-0.2, -0.15) is 18.2 Å². The van der Waals surface area contributed by atoms with E-state index in [4.69, 9.17) is 5.73 Å². The molecule has 0 atom stereocenters. The zero-order valence-corrected chi connectivity index (χ0v) is 19.7. The van der Waals surface area contributed by atoms with Gasteiger partial charge >= 0.3 is 12.2 Å². The van der Waals surface area contributed by atoms with E-state index < -0.39 is 29.7 Å². The highest BCUT2D eigenvalue weighted by atomic mass is 35.5. The van der Waals surface area contributed by atoms with Crippen molar-refractivity contribution in [1.82, 2.24) is 14.9 Å². The molecule has 0 saturated carbocycles. The molecule has 2 heterocycles. The van der Waals surface area contributed by atoms with Crippen molar-refractivity contribution in [2.24, 2.45) is 0 Å². The number of benzene rings is 2. The van der Waals surface area contributed by atoms with Gasteiger partial charge in [-0.3, -0.25) is 4.90 Å². The van der Waals surface area contributed by atoms with E-state index in [9.17, 15) is 22.4 Å². The molecule has 4 N–H and O–H groups in total. The molecule has 4 rings (SSSR count). The summed E-state index contributed by atoms with van der Waals surface area (Å²) in [6, 6.07) is 13.5. The molecule has 8 nitrogen and oxygen atoms in total. The molecule has 1 saturated heterocycles. The van der Waals surface area contributed by atoms with Gasteiger partial charge in [0.1, 0.15) is 11.6 Å². The molecule has 1 aliphatic heterocycles. The fourth-order valence-corrected chi connectivity index (χ4v) is 3.69. The van der Waals surface area contributed by atoms with Crippen molar-refractivity contribution < 1.29 is 22.4 Å². The van der Waals surface area contributed by atoms with Crippen LogP contribution >= 0.6 is 12.4 Å². The minimum absolute atomic E-state index is 0. The monoisotopic (exact) mass is 525 g/mol. The number of urea groups is 1. The Labute approximate surface area is 210 Å². The number of piperazine rings is 1. The lowest BCUT2D eigenvalue weighted by Gasteiger charge is -2.35. The van der Waals surface area contributed by atoms with Gasteiger partial charge in [0.15, 0.2) is 5.69 Å². The largest absolute Gasteiger partial charge is 0.433 e. The van der Waals surface area contributed by atoms with Crippen molar-refractivity contribution in [3.63, 3.8) is 0 Å². The average Bonchev–Trinajstić information content (AvgIpc) is 2.81. The Morgan fingerprint density at radius 2 is 1.64 bits per heavy atom. The number of carbonyl (C=O) groups is 1. The number of nitrogens with zero attached hydrogens (tertiary/aromatic N) is 4. The van der Waals surface area contributed by atoms with E-state index in [1.165, 1.54) is 18.2 Å². The lowest BCUT2D eigenvalue weighted by molar-refractivity contribution is -0.141. The maximum Gasteiger partial charge on any atom is 0.433 e. The Balaban J connectivity index is 0.00000361. The first-order valence-corrected chi connectivity index (χ1v) is 10.8. The number of rotatable bonds is 5. The lowest BCUT2D eigenvalue weighted by atomic mass is 10.1. The number of para-hydroxylation sites is 1. The van der Waals surface area contributed by atoms with E-state index >= 15 is 0 Å². The Morgan fingerprint density at radius 1 is 0.972 bits per heavy atom. The van der Waals surface area contributed by atoms with E-state index in [1.807, 2.05) is 12.1 Å². The normalized spacial score (nSPS) is 14.2. The van der Waals surface area contributed by atoms with Crippen molar-refractivity contribution >= 4 is 41.6 Å². The summed E-state index contributed by atoms with van der Waals surface area (Å²) in [7, 11) is 0. The highest BCUT2D eigenvalue weighted by Gasteiger charge is 2.34. The molecule has 0 spiro atoms. The minimum atomic E-state index is -4.59. The first kappa shape index (κ1) is 27.0. The molecule has 2 amide bonds. The second-order valence-electron chi connectivity index (χ2n) is 7.99. The van der Waals surface area contributed by atoms with Gasteiger partial charge in [0, 0.05) is 44.5 Å². The molecule has 0 radical (unpaired) electrons. The molecule has 36 heavy (non-hydrogen) atoms. The van der Waals surface area contributed by atoms with Crippen LogP contribution in [0.4, 0.5) is 45.5 Å². The van der Waals surface area contributed by atoms with Crippen LogP contribution in [0.2, 0.25) is 0 Å². The third kappa shape index (κ3) is 6.95. The fraction of sp³-hybridized carbons (Fsp3) is 0.261. The van der Waals surface area contributed by atoms with Crippen LogP contribution in [0, 0.1) is 5.82 Å². The Bertz CT molecular complexity index is 1190. The van der Waals surface area contributed by atoms with Crippen LogP contribution in [0.25, 0.3) is 0 Å². The first-order valence-electron chi connectivity index (χ1n) is 10.8. The molecule has 0 aliphatic carbocycles. The summed E-state index contributed by atoms with van der Waals surface area (Å²) in [5.74, 6) is -0.774.